The second-order valence-electron chi connectivity index (χ2n) is 7.21. The van der Waals surface area contributed by atoms with E-state index >= 15 is 0 Å². The van der Waals surface area contributed by atoms with Crippen molar-refractivity contribution in [2.24, 2.45) is 5.92 Å². The highest BCUT2D eigenvalue weighted by Gasteiger charge is 2.36. The molecule has 0 saturated heterocycles. The molecular weight excluding hydrogens is 351 g/mol. The summed E-state index contributed by atoms with van der Waals surface area (Å²) in [6.07, 6.45) is -4.67. The molecule has 26 heavy (non-hydrogen) atoms. The first kappa shape index (κ1) is 22.0. The van der Waals surface area contributed by atoms with E-state index in [4.69, 9.17) is 5.11 Å². The maximum absolute atomic E-state index is 12.7. The van der Waals surface area contributed by atoms with Crippen molar-refractivity contribution in [3.63, 3.8) is 0 Å². The van der Waals surface area contributed by atoms with Crippen LogP contribution in [0.5, 0.6) is 0 Å². The number of alkyl halides is 3. The minimum absolute atomic E-state index is 0.148. The molecule has 0 saturated carbocycles. The molecule has 2 atom stereocenters. The molecule has 1 heterocycles. The predicted octanol–water partition coefficient (Wildman–Crippen LogP) is 3.17. The van der Waals surface area contributed by atoms with Crippen LogP contribution in [0.4, 0.5) is 13.2 Å². The number of carbonyl (C=O) groups is 2. The number of nitrogens with one attached hydrogen (secondary N) is 1. The largest absolute Gasteiger partial charge is 0.481 e. The minimum Gasteiger partial charge on any atom is -0.481 e. The first-order valence-corrected chi connectivity index (χ1v) is 8.32. The van der Waals surface area contributed by atoms with Crippen molar-refractivity contribution < 1.29 is 27.9 Å². The fourth-order valence-electron chi connectivity index (χ4n) is 2.89. The Morgan fingerprint density at radius 1 is 1.23 bits per heavy atom. The summed E-state index contributed by atoms with van der Waals surface area (Å²) in [4.78, 5) is 23.8. The standard InChI is InChI=1S/C17H26F3N3O3/c1-9(2)16(6,7-13(24)25)21-15(26)10(3)14-11(4)22-23(12(14)5)8-17(18,19)20/h9-10H,7-8H2,1-6H3,(H,21,26)(H,24,25). The Morgan fingerprint density at radius 3 is 2.19 bits per heavy atom. The van der Waals surface area contributed by atoms with Gasteiger partial charge in [0, 0.05) is 16.8 Å². The van der Waals surface area contributed by atoms with E-state index in [-0.39, 0.29) is 18.0 Å². The first-order chi connectivity index (χ1) is 11.7. The van der Waals surface area contributed by atoms with E-state index in [2.05, 4.69) is 10.4 Å². The summed E-state index contributed by atoms with van der Waals surface area (Å²) in [5.74, 6) is -2.39. The maximum atomic E-state index is 12.7. The smallest absolute Gasteiger partial charge is 0.408 e. The molecule has 2 unspecified atom stereocenters. The van der Waals surface area contributed by atoms with E-state index < -0.39 is 36.1 Å². The molecule has 1 amide bonds. The fourth-order valence-corrected chi connectivity index (χ4v) is 2.89. The third-order valence-corrected chi connectivity index (χ3v) is 4.79. The van der Waals surface area contributed by atoms with Crippen LogP contribution in [0.3, 0.4) is 0 Å². The number of nitrogens with zero attached hydrogens (tertiary/aromatic N) is 2. The summed E-state index contributed by atoms with van der Waals surface area (Å²) >= 11 is 0. The Labute approximate surface area is 150 Å². The Bertz CT molecular complexity index is 683. The molecule has 1 aromatic heterocycles. The van der Waals surface area contributed by atoms with Gasteiger partial charge in [-0.05, 0) is 33.6 Å². The molecule has 2 N–H and O–H groups in total. The van der Waals surface area contributed by atoms with Crippen LogP contribution in [-0.2, 0) is 16.1 Å². The number of aromatic nitrogens is 2. The van der Waals surface area contributed by atoms with Gasteiger partial charge in [0.15, 0.2) is 0 Å². The van der Waals surface area contributed by atoms with Gasteiger partial charge in [-0.25, -0.2) is 0 Å². The third-order valence-electron chi connectivity index (χ3n) is 4.79. The van der Waals surface area contributed by atoms with E-state index in [1.54, 1.807) is 34.6 Å². The molecule has 1 rings (SSSR count). The van der Waals surface area contributed by atoms with Gasteiger partial charge in [-0.3, -0.25) is 14.3 Å². The molecule has 0 spiro atoms. The lowest BCUT2D eigenvalue weighted by molar-refractivity contribution is -0.143. The van der Waals surface area contributed by atoms with Crippen molar-refractivity contribution in [2.45, 2.75) is 72.1 Å². The van der Waals surface area contributed by atoms with Gasteiger partial charge in [-0.2, -0.15) is 18.3 Å². The molecule has 148 valence electrons. The number of aryl methyl sites for hydroxylation is 1. The summed E-state index contributed by atoms with van der Waals surface area (Å²) < 4.78 is 38.8. The number of carboxylic acids is 1. The molecule has 1 aromatic rings. The van der Waals surface area contributed by atoms with Crippen LogP contribution in [-0.4, -0.2) is 38.5 Å². The zero-order chi connectivity index (χ0) is 20.4. The lowest BCUT2D eigenvalue weighted by Crippen LogP contribution is -2.52. The van der Waals surface area contributed by atoms with Crippen LogP contribution in [0, 0.1) is 19.8 Å². The molecule has 0 bridgehead atoms. The Kier molecular flexibility index (Phi) is 6.49. The number of halogens is 3. The van der Waals surface area contributed by atoms with Gasteiger partial charge >= 0.3 is 12.1 Å². The minimum atomic E-state index is -4.41. The summed E-state index contributed by atoms with van der Waals surface area (Å²) in [5.41, 5.74) is 0.0695. The van der Waals surface area contributed by atoms with E-state index in [9.17, 15) is 22.8 Å². The topological polar surface area (TPSA) is 84.2 Å². The van der Waals surface area contributed by atoms with Crippen molar-refractivity contribution in [3.05, 3.63) is 17.0 Å². The van der Waals surface area contributed by atoms with Crippen molar-refractivity contribution in [2.75, 3.05) is 0 Å². The van der Waals surface area contributed by atoms with Gasteiger partial charge in [0.25, 0.3) is 0 Å². The predicted molar refractivity (Wildman–Crippen MR) is 89.8 cm³/mol. The van der Waals surface area contributed by atoms with Crippen molar-refractivity contribution in [3.8, 4) is 0 Å². The number of carboxylic acid groups (broad SMARTS) is 1. The van der Waals surface area contributed by atoms with Gasteiger partial charge in [0.05, 0.1) is 18.0 Å². The molecular formula is C17H26F3N3O3. The first-order valence-electron chi connectivity index (χ1n) is 8.32. The Hall–Kier alpha value is -2.06. The fraction of sp³-hybridized carbons (Fsp3) is 0.706. The van der Waals surface area contributed by atoms with Crippen LogP contribution in [0.1, 0.15) is 57.0 Å². The van der Waals surface area contributed by atoms with Gasteiger partial charge < -0.3 is 10.4 Å². The van der Waals surface area contributed by atoms with Gasteiger partial charge in [0.2, 0.25) is 5.91 Å². The second-order valence-corrected chi connectivity index (χ2v) is 7.21. The molecule has 0 aliphatic carbocycles. The van der Waals surface area contributed by atoms with Crippen LogP contribution >= 0.6 is 0 Å². The highest BCUT2D eigenvalue weighted by molar-refractivity contribution is 5.85. The van der Waals surface area contributed by atoms with Crippen LogP contribution in [0.15, 0.2) is 0 Å². The number of aliphatic carboxylic acids is 1. The lowest BCUT2D eigenvalue weighted by atomic mass is 9.84. The average molecular weight is 377 g/mol. The monoisotopic (exact) mass is 377 g/mol. The third kappa shape index (κ3) is 5.22. The number of carbonyl (C=O) groups excluding carboxylic acids is 1. The molecule has 6 nitrogen and oxygen atoms in total. The van der Waals surface area contributed by atoms with E-state index in [0.29, 0.717) is 11.3 Å². The number of hydrogen-bond donors (Lipinski definition) is 2. The van der Waals surface area contributed by atoms with Crippen LogP contribution < -0.4 is 5.32 Å². The highest BCUT2D eigenvalue weighted by Crippen LogP contribution is 2.28. The quantitative estimate of drug-likeness (QED) is 0.764. The van der Waals surface area contributed by atoms with E-state index in [0.717, 1.165) is 4.68 Å². The second kappa shape index (κ2) is 7.67. The zero-order valence-electron chi connectivity index (χ0n) is 15.9. The number of rotatable bonds is 7. The highest BCUT2D eigenvalue weighted by atomic mass is 19.4. The number of amides is 1. The van der Waals surface area contributed by atoms with Gasteiger partial charge in [-0.15, -0.1) is 0 Å². The maximum Gasteiger partial charge on any atom is 0.408 e. The van der Waals surface area contributed by atoms with Crippen molar-refractivity contribution in [1.82, 2.24) is 15.1 Å². The summed E-state index contributed by atoms with van der Waals surface area (Å²) in [6, 6.07) is 0. The van der Waals surface area contributed by atoms with Crippen molar-refractivity contribution in [1.29, 1.82) is 0 Å². The molecule has 0 aliphatic heterocycles. The molecule has 0 fully saturated rings. The molecule has 0 radical (unpaired) electrons. The van der Waals surface area contributed by atoms with Gasteiger partial charge in [-0.1, -0.05) is 13.8 Å². The molecule has 9 heteroatoms. The van der Waals surface area contributed by atoms with Gasteiger partial charge in [0.1, 0.15) is 6.54 Å². The zero-order valence-corrected chi connectivity index (χ0v) is 15.9. The summed E-state index contributed by atoms with van der Waals surface area (Å²) in [5, 5.41) is 15.8. The Morgan fingerprint density at radius 2 is 1.77 bits per heavy atom. The summed E-state index contributed by atoms with van der Waals surface area (Å²) in [6.45, 7) is 8.63. The van der Waals surface area contributed by atoms with Crippen LogP contribution in [0.25, 0.3) is 0 Å². The van der Waals surface area contributed by atoms with E-state index in [1.165, 1.54) is 6.92 Å². The SMILES string of the molecule is Cc1nn(CC(F)(F)F)c(C)c1C(C)C(=O)NC(C)(CC(=O)O)C(C)C. The summed E-state index contributed by atoms with van der Waals surface area (Å²) in [7, 11) is 0. The average Bonchev–Trinajstić information content (AvgIpc) is 2.69. The Balaban J connectivity index is 3.10. The van der Waals surface area contributed by atoms with E-state index in [1.807, 2.05) is 0 Å². The lowest BCUT2D eigenvalue weighted by Gasteiger charge is -2.34. The van der Waals surface area contributed by atoms with Crippen molar-refractivity contribution >= 4 is 11.9 Å². The molecule has 0 aromatic carbocycles. The number of hydrogen-bond acceptors (Lipinski definition) is 3. The van der Waals surface area contributed by atoms with Crippen LogP contribution in [0.2, 0.25) is 0 Å². The molecule has 0 aliphatic rings. The normalized spacial score (nSPS) is 15.6.